The third-order valence-corrected chi connectivity index (χ3v) is 5.77. The second-order valence-corrected chi connectivity index (χ2v) is 10.8. The van der Waals surface area contributed by atoms with Gasteiger partial charge in [-0.3, -0.25) is 14.5 Å². The third-order valence-electron chi connectivity index (χ3n) is 5.77. The van der Waals surface area contributed by atoms with Gasteiger partial charge >= 0.3 is 12.1 Å². The Labute approximate surface area is 221 Å². The van der Waals surface area contributed by atoms with E-state index in [9.17, 15) is 14.4 Å². The molecule has 0 saturated heterocycles. The van der Waals surface area contributed by atoms with Crippen LogP contribution in [0.25, 0.3) is 0 Å². The molecule has 2 rings (SSSR count). The second-order valence-electron chi connectivity index (χ2n) is 10.8. The van der Waals surface area contributed by atoms with E-state index in [2.05, 4.69) is 19.2 Å². The first-order valence-corrected chi connectivity index (χ1v) is 12.9. The number of esters is 1. The Morgan fingerprint density at radius 2 is 1.49 bits per heavy atom. The number of rotatable bonds is 12. The number of ether oxygens (including phenoxy) is 2. The molecular weight excluding hydrogens is 468 g/mol. The summed E-state index contributed by atoms with van der Waals surface area (Å²) >= 11 is 0. The number of nitrogens with one attached hydrogen (secondary N) is 1. The maximum absolute atomic E-state index is 13.5. The summed E-state index contributed by atoms with van der Waals surface area (Å²) in [6.07, 6.45) is 0.560. The number of likely N-dealkylation sites (N-methyl/N-ethyl adjacent to an activating group) is 1. The van der Waals surface area contributed by atoms with Crippen LogP contribution in [0.2, 0.25) is 0 Å². The Bertz CT molecular complexity index is 986. The summed E-state index contributed by atoms with van der Waals surface area (Å²) in [5, 5.41) is 2.70. The average molecular weight is 511 g/mol. The summed E-state index contributed by atoms with van der Waals surface area (Å²) < 4.78 is 11.3. The molecule has 2 amide bonds. The van der Waals surface area contributed by atoms with E-state index in [1.54, 1.807) is 7.05 Å². The third kappa shape index (κ3) is 11.1. The summed E-state index contributed by atoms with van der Waals surface area (Å²) in [7, 11) is 1.56. The van der Waals surface area contributed by atoms with Crippen LogP contribution in [-0.4, -0.2) is 48.1 Å². The second kappa shape index (κ2) is 14.4. The lowest BCUT2D eigenvalue weighted by Gasteiger charge is -2.33. The highest BCUT2D eigenvalue weighted by Crippen LogP contribution is 2.23. The molecule has 0 aliphatic heterocycles. The molecule has 2 atom stereocenters. The number of hydrogen-bond donors (Lipinski definition) is 1. The van der Waals surface area contributed by atoms with E-state index >= 15 is 0 Å². The molecule has 202 valence electrons. The fourth-order valence-electron chi connectivity index (χ4n) is 4.27. The molecule has 2 aromatic rings. The van der Waals surface area contributed by atoms with E-state index in [1.807, 2.05) is 81.4 Å². The van der Waals surface area contributed by atoms with E-state index in [0.717, 1.165) is 11.1 Å². The predicted octanol–water partition coefficient (Wildman–Crippen LogP) is 5.38. The average Bonchev–Trinajstić information content (AvgIpc) is 2.83. The quantitative estimate of drug-likeness (QED) is 0.388. The van der Waals surface area contributed by atoms with Gasteiger partial charge in [0.1, 0.15) is 18.2 Å². The van der Waals surface area contributed by atoms with Crippen LogP contribution in [-0.2, 0) is 32.1 Å². The van der Waals surface area contributed by atoms with E-state index in [0.29, 0.717) is 12.8 Å². The van der Waals surface area contributed by atoms with Gasteiger partial charge in [-0.2, -0.15) is 0 Å². The monoisotopic (exact) mass is 510 g/mol. The van der Waals surface area contributed by atoms with Gasteiger partial charge in [0, 0.05) is 20.0 Å². The van der Waals surface area contributed by atoms with Crippen LogP contribution >= 0.6 is 0 Å². The Morgan fingerprint density at radius 3 is 2.00 bits per heavy atom. The van der Waals surface area contributed by atoms with Gasteiger partial charge in [0.15, 0.2) is 0 Å². The minimum absolute atomic E-state index is 0.0862. The minimum Gasteiger partial charge on any atom is -0.460 e. The van der Waals surface area contributed by atoms with Crippen molar-refractivity contribution < 1.29 is 23.9 Å². The highest BCUT2D eigenvalue weighted by Gasteiger charge is 2.34. The molecule has 0 radical (unpaired) electrons. The number of benzene rings is 2. The highest BCUT2D eigenvalue weighted by atomic mass is 16.6. The zero-order valence-electron chi connectivity index (χ0n) is 23.0. The molecule has 0 bridgehead atoms. The normalized spacial score (nSPS) is 12.9. The summed E-state index contributed by atoms with van der Waals surface area (Å²) in [5.74, 6) is -0.541. The summed E-state index contributed by atoms with van der Waals surface area (Å²) in [6.45, 7) is 9.91. The molecule has 0 saturated carbocycles. The SMILES string of the molecule is CNC(=O)[C@H](Cc1ccccc1)N(C[C@@H](CC(=O)OC(C)(C)C)CC(C)C)C(=O)OCc1ccccc1. The summed E-state index contributed by atoms with van der Waals surface area (Å²) in [5.41, 5.74) is 1.17. The van der Waals surface area contributed by atoms with Crippen molar-refractivity contribution in [3.8, 4) is 0 Å². The maximum atomic E-state index is 13.5. The summed E-state index contributed by atoms with van der Waals surface area (Å²) in [4.78, 5) is 40.8. The molecule has 0 aromatic heterocycles. The zero-order chi connectivity index (χ0) is 27.4. The van der Waals surface area contributed by atoms with Crippen LogP contribution in [0.1, 0.15) is 58.6 Å². The van der Waals surface area contributed by atoms with Gasteiger partial charge in [0.2, 0.25) is 5.91 Å². The molecule has 0 aliphatic rings. The van der Waals surface area contributed by atoms with Gasteiger partial charge < -0.3 is 14.8 Å². The first kappa shape index (κ1) is 29.9. The number of carbonyl (C=O) groups is 3. The smallest absolute Gasteiger partial charge is 0.410 e. The van der Waals surface area contributed by atoms with Crippen LogP contribution in [0.5, 0.6) is 0 Å². The van der Waals surface area contributed by atoms with Crippen LogP contribution < -0.4 is 5.32 Å². The highest BCUT2D eigenvalue weighted by molar-refractivity contribution is 5.85. The van der Waals surface area contributed by atoms with Gasteiger partial charge in [-0.15, -0.1) is 0 Å². The van der Waals surface area contributed by atoms with Crippen molar-refractivity contribution in [2.75, 3.05) is 13.6 Å². The molecule has 0 fully saturated rings. The van der Waals surface area contributed by atoms with Crippen LogP contribution in [0.15, 0.2) is 60.7 Å². The molecule has 0 heterocycles. The van der Waals surface area contributed by atoms with Gasteiger partial charge in [-0.25, -0.2) is 4.79 Å². The molecule has 0 spiro atoms. The predicted molar refractivity (Wildman–Crippen MR) is 145 cm³/mol. The lowest BCUT2D eigenvalue weighted by molar-refractivity contribution is -0.156. The van der Waals surface area contributed by atoms with Crippen LogP contribution in [0.3, 0.4) is 0 Å². The largest absolute Gasteiger partial charge is 0.460 e. The Hall–Kier alpha value is -3.35. The Morgan fingerprint density at radius 1 is 0.919 bits per heavy atom. The molecule has 7 heteroatoms. The number of hydrogen-bond acceptors (Lipinski definition) is 5. The summed E-state index contributed by atoms with van der Waals surface area (Å²) in [6, 6.07) is 18.2. The minimum atomic E-state index is -0.802. The first-order valence-electron chi connectivity index (χ1n) is 12.9. The number of nitrogens with zero attached hydrogens (tertiary/aromatic N) is 1. The van der Waals surface area contributed by atoms with E-state index in [4.69, 9.17) is 9.47 Å². The van der Waals surface area contributed by atoms with E-state index in [-0.39, 0.29) is 43.3 Å². The van der Waals surface area contributed by atoms with Crippen molar-refractivity contribution in [3.05, 3.63) is 71.8 Å². The Kier molecular flexibility index (Phi) is 11.6. The van der Waals surface area contributed by atoms with Crippen molar-refractivity contribution in [1.82, 2.24) is 10.2 Å². The maximum Gasteiger partial charge on any atom is 0.410 e. The lowest BCUT2D eigenvalue weighted by atomic mass is 9.92. The van der Waals surface area contributed by atoms with Crippen molar-refractivity contribution in [3.63, 3.8) is 0 Å². The van der Waals surface area contributed by atoms with Crippen molar-refractivity contribution >= 4 is 18.0 Å². The molecule has 0 aliphatic carbocycles. The van der Waals surface area contributed by atoms with Gasteiger partial charge in [0.25, 0.3) is 0 Å². The Balaban J connectivity index is 2.35. The number of carbonyl (C=O) groups excluding carboxylic acids is 3. The zero-order valence-corrected chi connectivity index (χ0v) is 23.0. The van der Waals surface area contributed by atoms with Crippen molar-refractivity contribution in [2.24, 2.45) is 11.8 Å². The van der Waals surface area contributed by atoms with Gasteiger partial charge in [0.05, 0.1) is 6.42 Å². The fraction of sp³-hybridized carbons (Fsp3) is 0.500. The van der Waals surface area contributed by atoms with E-state index < -0.39 is 17.7 Å². The van der Waals surface area contributed by atoms with Crippen molar-refractivity contribution in [1.29, 1.82) is 0 Å². The molecule has 0 unspecified atom stereocenters. The first-order chi connectivity index (χ1) is 17.5. The molecule has 37 heavy (non-hydrogen) atoms. The van der Waals surface area contributed by atoms with E-state index in [1.165, 1.54) is 4.90 Å². The standard InChI is InChI=1S/C30H42N2O5/c1-22(2)17-25(19-27(33)37-30(3,4)5)20-32(29(35)36-21-24-15-11-8-12-16-24)26(28(34)31-6)18-23-13-9-7-10-14-23/h7-16,22,25-26H,17-21H2,1-6H3,(H,31,34)/t25-,26+/m1/s1. The van der Waals surface area contributed by atoms with Crippen molar-refractivity contribution in [2.45, 2.75) is 72.1 Å². The molecule has 1 N–H and O–H groups in total. The molecule has 2 aromatic carbocycles. The molecular formula is C30H42N2O5. The fourth-order valence-corrected chi connectivity index (χ4v) is 4.27. The van der Waals surface area contributed by atoms with Crippen LogP contribution in [0, 0.1) is 11.8 Å². The topological polar surface area (TPSA) is 84.9 Å². The van der Waals surface area contributed by atoms with Gasteiger partial charge in [-0.05, 0) is 50.2 Å². The lowest BCUT2D eigenvalue weighted by Crippen LogP contribution is -2.52. The van der Waals surface area contributed by atoms with Crippen LogP contribution in [0.4, 0.5) is 4.79 Å². The van der Waals surface area contributed by atoms with Gasteiger partial charge in [-0.1, -0.05) is 74.5 Å². The number of amides is 2. The molecule has 7 nitrogen and oxygen atoms in total.